The topological polar surface area (TPSA) is 51.2 Å². The van der Waals surface area contributed by atoms with Crippen molar-refractivity contribution in [3.63, 3.8) is 0 Å². The van der Waals surface area contributed by atoms with Crippen molar-refractivity contribution in [2.75, 3.05) is 0 Å². The van der Waals surface area contributed by atoms with Crippen LogP contribution in [0, 0.1) is 3.57 Å². The first-order valence-electron chi connectivity index (χ1n) is 8.57. The van der Waals surface area contributed by atoms with Gasteiger partial charge >= 0.3 is 6.18 Å². The van der Waals surface area contributed by atoms with Crippen molar-refractivity contribution in [3.05, 3.63) is 57.3 Å². The number of carbonyl (C=O) groups excluding carboxylic acids is 1. The quantitative estimate of drug-likeness (QED) is 0.626. The minimum Gasteiger partial charge on any atom is -0.474 e. The van der Waals surface area contributed by atoms with Crippen molar-refractivity contribution in [1.82, 2.24) is 10.3 Å². The highest BCUT2D eigenvalue weighted by molar-refractivity contribution is 14.1. The maximum atomic E-state index is 12.6. The number of rotatable bonds is 4. The number of hydrogen-bond acceptors (Lipinski definition) is 3. The molecular formula is C19H18F3IN2O2. The molecule has 0 saturated heterocycles. The van der Waals surface area contributed by atoms with Crippen LogP contribution in [0.2, 0.25) is 0 Å². The SMILES string of the molecule is O=C(NC1CCC(Oc2ccc(C(F)(F)F)cn2)CC1)c1ccc(I)cc1. The molecule has 0 spiro atoms. The summed E-state index contributed by atoms with van der Waals surface area (Å²) in [6, 6.07) is 9.64. The Morgan fingerprint density at radius 2 is 1.74 bits per heavy atom. The van der Waals surface area contributed by atoms with Gasteiger partial charge in [0, 0.05) is 27.4 Å². The second-order valence-corrected chi connectivity index (χ2v) is 7.70. The van der Waals surface area contributed by atoms with Crippen molar-refractivity contribution in [2.24, 2.45) is 0 Å². The fourth-order valence-electron chi connectivity index (χ4n) is 2.98. The number of amides is 1. The number of benzene rings is 1. The first-order valence-corrected chi connectivity index (χ1v) is 9.65. The molecule has 1 amide bonds. The average Bonchev–Trinajstić information content (AvgIpc) is 2.63. The monoisotopic (exact) mass is 490 g/mol. The van der Waals surface area contributed by atoms with Gasteiger partial charge in [-0.05, 0) is 78.6 Å². The summed E-state index contributed by atoms with van der Waals surface area (Å²) in [5, 5.41) is 3.03. The van der Waals surface area contributed by atoms with Gasteiger partial charge < -0.3 is 10.1 Å². The zero-order chi connectivity index (χ0) is 19.4. The summed E-state index contributed by atoms with van der Waals surface area (Å²) in [6.07, 6.45) is -0.814. The van der Waals surface area contributed by atoms with Gasteiger partial charge in [-0.15, -0.1) is 0 Å². The van der Waals surface area contributed by atoms with E-state index in [-0.39, 0.29) is 23.9 Å². The van der Waals surface area contributed by atoms with Gasteiger partial charge in [-0.2, -0.15) is 13.2 Å². The maximum absolute atomic E-state index is 12.6. The van der Waals surface area contributed by atoms with Gasteiger partial charge in [0.25, 0.3) is 5.91 Å². The van der Waals surface area contributed by atoms with Gasteiger partial charge in [0.15, 0.2) is 0 Å². The number of alkyl halides is 3. The minimum absolute atomic E-state index is 0.0668. The van der Waals surface area contributed by atoms with Gasteiger partial charge in [-0.25, -0.2) is 4.98 Å². The first-order chi connectivity index (χ1) is 12.8. The average molecular weight is 490 g/mol. The molecule has 0 bridgehead atoms. The second kappa shape index (κ2) is 8.45. The van der Waals surface area contributed by atoms with Crippen LogP contribution in [-0.2, 0) is 6.18 Å². The zero-order valence-corrected chi connectivity index (χ0v) is 16.5. The normalized spacial score (nSPS) is 20.1. The molecule has 0 atom stereocenters. The zero-order valence-electron chi connectivity index (χ0n) is 14.3. The summed E-state index contributed by atoms with van der Waals surface area (Å²) in [7, 11) is 0. The summed E-state index contributed by atoms with van der Waals surface area (Å²) in [4.78, 5) is 16.0. The van der Waals surface area contributed by atoms with Crippen LogP contribution in [0.5, 0.6) is 5.88 Å². The lowest BCUT2D eigenvalue weighted by molar-refractivity contribution is -0.137. The lowest BCUT2D eigenvalue weighted by Crippen LogP contribution is -2.39. The van der Waals surface area contributed by atoms with Gasteiger partial charge in [0.05, 0.1) is 5.56 Å². The Kier molecular flexibility index (Phi) is 6.23. The van der Waals surface area contributed by atoms with Crippen molar-refractivity contribution >= 4 is 28.5 Å². The van der Waals surface area contributed by atoms with Crippen LogP contribution in [0.3, 0.4) is 0 Å². The van der Waals surface area contributed by atoms with E-state index in [0.717, 1.165) is 28.7 Å². The Morgan fingerprint density at radius 1 is 1.07 bits per heavy atom. The molecule has 1 N–H and O–H groups in total. The van der Waals surface area contributed by atoms with E-state index >= 15 is 0 Å². The molecule has 0 aliphatic heterocycles. The molecule has 27 heavy (non-hydrogen) atoms. The predicted molar refractivity (Wildman–Crippen MR) is 103 cm³/mol. The summed E-state index contributed by atoms with van der Waals surface area (Å²) >= 11 is 2.19. The Labute approximate surface area is 168 Å². The highest BCUT2D eigenvalue weighted by Gasteiger charge is 2.31. The Balaban J connectivity index is 1.47. The summed E-state index contributed by atoms with van der Waals surface area (Å²) < 4.78 is 44.4. The van der Waals surface area contributed by atoms with Crippen LogP contribution in [0.25, 0.3) is 0 Å². The number of pyridine rings is 1. The van der Waals surface area contributed by atoms with E-state index in [4.69, 9.17) is 4.74 Å². The molecule has 8 heteroatoms. The van der Waals surface area contributed by atoms with Gasteiger partial charge in [0.2, 0.25) is 5.88 Å². The molecule has 4 nitrogen and oxygen atoms in total. The molecule has 1 aromatic heterocycles. The molecular weight excluding hydrogens is 472 g/mol. The molecule has 1 fully saturated rings. The Bertz CT molecular complexity index is 771. The van der Waals surface area contributed by atoms with Gasteiger partial charge in [-0.1, -0.05) is 0 Å². The smallest absolute Gasteiger partial charge is 0.417 e. The first kappa shape index (κ1) is 19.9. The molecule has 144 valence electrons. The number of carbonyl (C=O) groups is 1. The number of nitrogens with zero attached hydrogens (tertiary/aromatic N) is 1. The molecule has 1 saturated carbocycles. The lowest BCUT2D eigenvalue weighted by Gasteiger charge is -2.29. The third-order valence-electron chi connectivity index (χ3n) is 4.47. The van der Waals surface area contributed by atoms with E-state index in [1.807, 2.05) is 12.1 Å². The lowest BCUT2D eigenvalue weighted by atomic mass is 9.92. The number of ether oxygens (including phenoxy) is 1. The third kappa shape index (κ3) is 5.57. The number of hydrogen-bond donors (Lipinski definition) is 1. The fraction of sp³-hybridized carbons (Fsp3) is 0.368. The molecule has 2 aromatic rings. The van der Waals surface area contributed by atoms with Crippen LogP contribution in [0.4, 0.5) is 13.2 Å². The summed E-state index contributed by atoms with van der Waals surface area (Å²) in [6.45, 7) is 0. The van der Waals surface area contributed by atoms with E-state index < -0.39 is 11.7 Å². The molecule has 1 aromatic carbocycles. The Morgan fingerprint density at radius 3 is 2.30 bits per heavy atom. The van der Waals surface area contributed by atoms with Crippen LogP contribution < -0.4 is 10.1 Å². The largest absolute Gasteiger partial charge is 0.474 e. The van der Waals surface area contributed by atoms with Crippen LogP contribution in [0.15, 0.2) is 42.6 Å². The third-order valence-corrected chi connectivity index (χ3v) is 5.19. The highest BCUT2D eigenvalue weighted by Crippen LogP contribution is 2.30. The molecule has 3 rings (SSSR count). The summed E-state index contributed by atoms with van der Waals surface area (Å²) in [5.74, 6) is 0.0922. The van der Waals surface area contributed by atoms with Gasteiger partial charge in [-0.3, -0.25) is 4.79 Å². The molecule has 0 unspecified atom stereocenters. The standard InChI is InChI=1S/C19H18F3IN2O2/c20-19(21,22)13-3-10-17(24-11-13)27-16-8-6-15(7-9-16)25-18(26)12-1-4-14(23)5-2-12/h1-5,10-11,15-16H,6-9H2,(H,25,26). The molecule has 0 radical (unpaired) electrons. The van der Waals surface area contributed by atoms with Crippen LogP contribution >= 0.6 is 22.6 Å². The molecule has 1 heterocycles. The van der Waals surface area contributed by atoms with Crippen molar-refractivity contribution in [2.45, 2.75) is 44.0 Å². The minimum atomic E-state index is -4.40. The van der Waals surface area contributed by atoms with Crippen molar-refractivity contribution < 1.29 is 22.7 Å². The van der Waals surface area contributed by atoms with E-state index in [1.54, 1.807) is 12.1 Å². The molecule has 1 aliphatic carbocycles. The highest BCUT2D eigenvalue weighted by atomic mass is 127. The van der Waals surface area contributed by atoms with Crippen LogP contribution in [0.1, 0.15) is 41.6 Å². The van der Waals surface area contributed by atoms with E-state index in [2.05, 4.69) is 32.9 Å². The summed E-state index contributed by atoms with van der Waals surface area (Å²) in [5.41, 5.74) is -0.167. The van der Waals surface area contributed by atoms with E-state index in [9.17, 15) is 18.0 Å². The van der Waals surface area contributed by atoms with Crippen molar-refractivity contribution in [1.29, 1.82) is 0 Å². The maximum Gasteiger partial charge on any atom is 0.417 e. The Hall–Kier alpha value is -1.84. The van der Waals surface area contributed by atoms with Crippen LogP contribution in [-0.4, -0.2) is 23.0 Å². The van der Waals surface area contributed by atoms with E-state index in [0.29, 0.717) is 18.4 Å². The van der Waals surface area contributed by atoms with Crippen molar-refractivity contribution in [3.8, 4) is 5.88 Å². The molecule has 1 aliphatic rings. The number of nitrogens with one attached hydrogen (secondary N) is 1. The fourth-order valence-corrected chi connectivity index (χ4v) is 3.34. The number of aromatic nitrogens is 1. The van der Waals surface area contributed by atoms with Gasteiger partial charge in [0.1, 0.15) is 6.10 Å². The number of halogens is 4. The second-order valence-electron chi connectivity index (χ2n) is 6.45. The predicted octanol–water partition coefficient (Wildman–Crippen LogP) is 4.83. The van der Waals surface area contributed by atoms with E-state index in [1.165, 1.54) is 6.07 Å².